The maximum absolute atomic E-state index is 12.3. The van der Waals surface area contributed by atoms with E-state index in [1.54, 1.807) is 6.92 Å². The molecule has 0 spiro atoms. The van der Waals surface area contributed by atoms with E-state index in [2.05, 4.69) is 4.74 Å². The minimum Gasteiger partial charge on any atom is -0.508 e. The fourth-order valence-electron chi connectivity index (χ4n) is 2.39. The molecule has 0 fully saturated rings. The van der Waals surface area contributed by atoms with Gasteiger partial charge in [-0.25, -0.2) is 0 Å². The van der Waals surface area contributed by atoms with Crippen LogP contribution in [0.15, 0.2) is 12.1 Å². The molecule has 0 unspecified atom stereocenters. The summed E-state index contributed by atoms with van der Waals surface area (Å²) in [5, 5.41) is 28.7. The highest BCUT2D eigenvalue weighted by atomic mass is 16.5. The third-order valence-electron chi connectivity index (χ3n) is 3.55. The van der Waals surface area contributed by atoms with Gasteiger partial charge in [0.25, 0.3) is 0 Å². The Hall–Kier alpha value is -2.08. The lowest BCUT2D eigenvalue weighted by atomic mass is 9.96. The largest absolute Gasteiger partial charge is 0.508 e. The molecule has 0 saturated heterocycles. The van der Waals surface area contributed by atoms with Gasteiger partial charge in [-0.15, -0.1) is 0 Å². The molecule has 0 amide bonds. The van der Waals surface area contributed by atoms with Crippen LogP contribution in [-0.2, 0) is 16.0 Å². The molecular weight excluding hydrogens is 300 g/mol. The topological polar surface area (TPSA) is 104 Å². The van der Waals surface area contributed by atoms with Gasteiger partial charge in [-0.1, -0.05) is 12.8 Å². The Labute approximate surface area is 135 Å². The number of aromatic hydroxyl groups is 2. The number of rotatable bonds is 9. The Morgan fingerprint density at radius 1 is 1.17 bits per heavy atom. The first-order chi connectivity index (χ1) is 10.8. The predicted molar refractivity (Wildman–Crippen MR) is 84.6 cm³/mol. The first kappa shape index (κ1) is 19.0. The van der Waals surface area contributed by atoms with E-state index in [1.807, 2.05) is 0 Å². The second-order valence-corrected chi connectivity index (χ2v) is 5.62. The lowest BCUT2D eigenvalue weighted by molar-refractivity contribution is -0.139. The van der Waals surface area contributed by atoms with E-state index in [0.29, 0.717) is 12.8 Å². The lowest BCUT2D eigenvalue weighted by Gasteiger charge is -2.11. The highest BCUT2D eigenvalue weighted by molar-refractivity contribution is 6.01. The lowest BCUT2D eigenvalue weighted by Crippen LogP contribution is -2.10. The van der Waals surface area contributed by atoms with E-state index < -0.39 is 5.97 Å². The van der Waals surface area contributed by atoms with Crippen LogP contribution in [0.3, 0.4) is 0 Å². The number of carbonyl (C=O) groups excluding carboxylic acids is 2. The maximum Gasteiger partial charge on any atom is 0.310 e. The van der Waals surface area contributed by atoms with Gasteiger partial charge in [-0.05, 0) is 31.4 Å². The molecule has 0 heterocycles. The smallest absolute Gasteiger partial charge is 0.310 e. The van der Waals surface area contributed by atoms with Crippen molar-refractivity contribution < 1.29 is 29.6 Å². The van der Waals surface area contributed by atoms with Gasteiger partial charge in [0.2, 0.25) is 0 Å². The first-order valence-corrected chi connectivity index (χ1v) is 7.68. The zero-order valence-corrected chi connectivity index (χ0v) is 13.5. The summed E-state index contributed by atoms with van der Waals surface area (Å²) in [5.74, 6) is -1.38. The van der Waals surface area contributed by atoms with Crippen LogP contribution in [0.1, 0.15) is 54.9 Å². The standard InChI is InChI=1S/C17H24O6/c1-11(18)6-4-3-5-7-14(20)17-12(9-16(22)23-2)8-13(19)10-15(17)21/h8,10-11,18-19,21H,3-7,9H2,1-2H3/t11-/m0/s1. The number of Topliss-reactive ketones (excluding diaryl/α,β-unsaturated/α-hetero) is 1. The summed E-state index contributed by atoms with van der Waals surface area (Å²) in [5.41, 5.74) is 0.312. The Balaban J connectivity index is 2.76. The molecule has 1 rings (SSSR count). The van der Waals surface area contributed by atoms with Crippen molar-refractivity contribution in [1.29, 1.82) is 0 Å². The molecule has 0 bridgehead atoms. The highest BCUT2D eigenvalue weighted by Gasteiger charge is 2.19. The van der Waals surface area contributed by atoms with Crippen molar-refractivity contribution in [3.05, 3.63) is 23.3 Å². The van der Waals surface area contributed by atoms with Crippen LogP contribution in [-0.4, -0.2) is 40.3 Å². The molecule has 6 heteroatoms. The van der Waals surface area contributed by atoms with Crippen LogP contribution in [0.2, 0.25) is 0 Å². The molecule has 0 saturated carbocycles. The van der Waals surface area contributed by atoms with Gasteiger partial charge in [0, 0.05) is 12.5 Å². The van der Waals surface area contributed by atoms with E-state index in [9.17, 15) is 24.9 Å². The molecule has 0 aliphatic rings. The number of aliphatic hydroxyl groups excluding tert-OH is 1. The third-order valence-corrected chi connectivity index (χ3v) is 3.55. The van der Waals surface area contributed by atoms with Crippen molar-refractivity contribution in [2.45, 2.75) is 51.6 Å². The van der Waals surface area contributed by atoms with Crippen molar-refractivity contribution in [3.63, 3.8) is 0 Å². The number of ketones is 1. The van der Waals surface area contributed by atoms with Gasteiger partial charge in [0.15, 0.2) is 5.78 Å². The van der Waals surface area contributed by atoms with Crippen molar-refractivity contribution in [3.8, 4) is 11.5 Å². The minimum absolute atomic E-state index is 0.0590. The van der Waals surface area contributed by atoms with Gasteiger partial charge >= 0.3 is 5.97 Å². The quantitative estimate of drug-likeness (QED) is 0.366. The third kappa shape index (κ3) is 6.28. The average Bonchev–Trinajstić information content (AvgIpc) is 2.45. The summed E-state index contributed by atoms with van der Waals surface area (Å²) in [6, 6.07) is 2.37. The van der Waals surface area contributed by atoms with Crippen LogP contribution in [0.25, 0.3) is 0 Å². The maximum atomic E-state index is 12.3. The summed E-state index contributed by atoms with van der Waals surface area (Å²) in [7, 11) is 1.23. The van der Waals surface area contributed by atoms with Gasteiger partial charge in [-0.2, -0.15) is 0 Å². The molecule has 0 radical (unpaired) electrons. The Morgan fingerprint density at radius 3 is 2.48 bits per heavy atom. The highest BCUT2D eigenvalue weighted by Crippen LogP contribution is 2.29. The van der Waals surface area contributed by atoms with E-state index in [1.165, 1.54) is 13.2 Å². The molecule has 1 aromatic carbocycles. The summed E-state index contributed by atoms with van der Waals surface area (Å²) in [6.45, 7) is 1.72. The molecule has 0 aliphatic heterocycles. The van der Waals surface area contributed by atoms with Crippen molar-refractivity contribution in [2.75, 3.05) is 7.11 Å². The average molecular weight is 324 g/mol. The monoisotopic (exact) mass is 324 g/mol. The Bertz CT molecular complexity index is 550. The summed E-state index contributed by atoms with van der Waals surface area (Å²) < 4.78 is 4.57. The van der Waals surface area contributed by atoms with Crippen LogP contribution >= 0.6 is 0 Å². The summed E-state index contributed by atoms with van der Waals surface area (Å²) in [4.78, 5) is 23.7. The van der Waals surface area contributed by atoms with E-state index >= 15 is 0 Å². The number of ether oxygens (including phenoxy) is 1. The van der Waals surface area contributed by atoms with Crippen molar-refractivity contribution in [2.24, 2.45) is 0 Å². The van der Waals surface area contributed by atoms with E-state index in [-0.39, 0.29) is 47.4 Å². The number of carbonyl (C=O) groups is 2. The molecular formula is C17H24O6. The molecule has 0 aromatic heterocycles. The normalized spacial score (nSPS) is 12.0. The molecule has 6 nitrogen and oxygen atoms in total. The summed E-state index contributed by atoms with van der Waals surface area (Å²) in [6.07, 6.45) is 2.62. The minimum atomic E-state index is -0.555. The first-order valence-electron chi connectivity index (χ1n) is 7.68. The van der Waals surface area contributed by atoms with E-state index in [0.717, 1.165) is 18.9 Å². The number of hydrogen-bond acceptors (Lipinski definition) is 6. The SMILES string of the molecule is COC(=O)Cc1cc(O)cc(O)c1C(=O)CCCCC[C@H](C)O. The number of methoxy groups -OCH3 is 1. The van der Waals surface area contributed by atoms with Gasteiger partial charge < -0.3 is 20.1 Å². The van der Waals surface area contributed by atoms with Crippen molar-refractivity contribution in [1.82, 2.24) is 0 Å². The van der Waals surface area contributed by atoms with Crippen LogP contribution < -0.4 is 0 Å². The summed E-state index contributed by atoms with van der Waals surface area (Å²) >= 11 is 0. The van der Waals surface area contributed by atoms with E-state index in [4.69, 9.17) is 0 Å². The number of aliphatic hydroxyl groups is 1. The number of hydrogen-bond donors (Lipinski definition) is 3. The zero-order valence-electron chi connectivity index (χ0n) is 13.5. The molecule has 1 aromatic rings. The molecule has 128 valence electrons. The van der Waals surface area contributed by atoms with Crippen LogP contribution in [0.4, 0.5) is 0 Å². The Morgan fingerprint density at radius 2 is 1.87 bits per heavy atom. The fourth-order valence-corrected chi connectivity index (χ4v) is 2.39. The number of phenols is 2. The number of unbranched alkanes of at least 4 members (excludes halogenated alkanes) is 2. The molecule has 23 heavy (non-hydrogen) atoms. The van der Waals surface area contributed by atoms with Crippen LogP contribution in [0.5, 0.6) is 11.5 Å². The molecule has 3 N–H and O–H groups in total. The van der Waals surface area contributed by atoms with Gasteiger partial charge in [0.1, 0.15) is 11.5 Å². The number of phenolic OH excluding ortho intramolecular Hbond substituents is 2. The molecule has 1 atom stereocenters. The second kappa shape index (κ2) is 9.15. The Kier molecular flexibility index (Phi) is 7.54. The van der Waals surface area contributed by atoms with Gasteiger partial charge in [-0.3, -0.25) is 9.59 Å². The van der Waals surface area contributed by atoms with Crippen LogP contribution in [0, 0.1) is 0 Å². The zero-order chi connectivity index (χ0) is 17.4. The number of benzene rings is 1. The predicted octanol–water partition coefficient (Wildman–Crippen LogP) is 2.33. The van der Waals surface area contributed by atoms with Crippen molar-refractivity contribution >= 4 is 11.8 Å². The molecule has 0 aliphatic carbocycles. The second-order valence-electron chi connectivity index (χ2n) is 5.62. The fraction of sp³-hybridized carbons (Fsp3) is 0.529. The van der Waals surface area contributed by atoms with Gasteiger partial charge in [0.05, 0.1) is 25.2 Å². The number of esters is 1.